The van der Waals surface area contributed by atoms with Crippen LogP contribution in [0.25, 0.3) is 11.3 Å². The molecule has 2 heterocycles. The van der Waals surface area contributed by atoms with Gasteiger partial charge >= 0.3 is 5.97 Å². The van der Waals surface area contributed by atoms with Crippen molar-refractivity contribution in [3.63, 3.8) is 0 Å². The maximum Gasteiger partial charge on any atom is 0.374 e. The van der Waals surface area contributed by atoms with E-state index in [4.69, 9.17) is 9.15 Å². The number of halogens is 1. The van der Waals surface area contributed by atoms with Crippen molar-refractivity contribution in [2.24, 2.45) is 0 Å². The third-order valence-electron chi connectivity index (χ3n) is 3.69. The first kappa shape index (κ1) is 17.9. The highest BCUT2D eigenvalue weighted by atomic mass is 32.1. The number of carbonyl (C=O) groups excluding carboxylic acids is 2. The maximum absolute atomic E-state index is 13.0. The number of hydrogen-bond acceptors (Lipinski definition) is 5. The predicted octanol–water partition coefficient (Wildman–Crippen LogP) is 3.96. The average Bonchev–Trinajstić information content (AvgIpc) is 3.32. The highest BCUT2D eigenvalue weighted by molar-refractivity contribution is 7.07. The van der Waals surface area contributed by atoms with Gasteiger partial charge in [-0.3, -0.25) is 4.79 Å². The summed E-state index contributed by atoms with van der Waals surface area (Å²) in [6, 6.07) is 10.7. The largest absolute Gasteiger partial charge is 0.450 e. The molecule has 1 aromatic carbocycles. The van der Waals surface area contributed by atoms with Crippen LogP contribution in [0.15, 0.2) is 57.6 Å². The number of nitrogens with zero attached hydrogens (tertiary/aromatic N) is 1. The second kappa shape index (κ2) is 7.97. The Labute approximate surface area is 153 Å². The van der Waals surface area contributed by atoms with E-state index in [1.165, 1.54) is 23.1 Å². The third-order valence-corrected chi connectivity index (χ3v) is 4.42. The summed E-state index contributed by atoms with van der Waals surface area (Å²) in [4.78, 5) is 25.6. The predicted molar refractivity (Wildman–Crippen MR) is 95.2 cm³/mol. The maximum atomic E-state index is 13.0. The molecule has 0 saturated heterocycles. The van der Waals surface area contributed by atoms with Crippen LogP contribution in [-0.4, -0.2) is 30.4 Å². The van der Waals surface area contributed by atoms with Crippen LogP contribution in [0.3, 0.4) is 0 Å². The lowest BCUT2D eigenvalue weighted by molar-refractivity contribution is -0.133. The van der Waals surface area contributed by atoms with E-state index in [-0.39, 0.29) is 24.1 Å². The van der Waals surface area contributed by atoms with Gasteiger partial charge in [0.25, 0.3) is 5.91 Å². The average molecular weight is 373 g/mol. The molecule has 0 aliphatic rings. The van der Waals surface area contributed by atoms with Crippen molar-refractivity contribution in [1.29, 1.82) is 0 Å². The SMILES string of the molecule is CN(Cc1ccsc1)C(=O)COC(=O)c1ccc(-c2ccc(F)cc2)o1. The molecule has 0 aliphatic heterocycles. The Morgan fingerprint density at radius 1 is 1.15 bits per heavy atom. The highest BCUT2D eigenvalue weighted by Gasteiger charge is 2.17. The summed E-state index contributed by atoms with van der Waals surface area (Å²) in [6.45, 7) is 0.0847. The number of amides is 1. The van der Waals surface area contributed by atoms with Gasteiger partial charge in [-0.1, -0.05) is 0 Å². The molecule has 2 aromatic heterocycles. The second-order valence-electron chi connectivity index (χ2n) is 5.63. The van der Waals surface area contributed by atoms with Crippen LogP contribution in [0.2, 0.25) is 0 Å². The molecule has 134 valence electrons. The summed E-state index contributed by atoms with van der Waals surface area (Å²) in [5.41, 5.74) is 1.66. The monoisotopic (exact) mass is 373 g/mol. The fraction of sp³-hybridized carbons (Fsp3) is 0.158. The van der Waals surface area contributed by atoms with Crippen LogP contribution in [0.1, 0.15) is 16.1 Å². The van der Waals surface area contributed by atoms with E-state index in [0.717, 1.165) is 5.56 Å². The fourth-order valence-electron chi connectivity index (χ4n) is 2.27. The third kappa shape index (κ3) is 4.37. The molecule has 3 aromatic rings. The number of hydrogen-bond donors (Lipinski definition) is 0. The molecular formula is C19H16FNO4S. The fourth-order valence-corrected chi connectivity index (χ4v) is 2.93. The first-order valence-electron chi connectivity index (χ1n) is 7.81. The van der Waals surface area contributed by atoms with Crippen molar-refractivity contribution >= 4 is 23.2 Å². The van der Waals surface area contributed by atoms with Crippen LogP contribution in [-0.2, 0) is 16.1 Å². The molecule has 0 fully saturated rings. The van der Waals surface area contributed by atoms with Gasteiger partial charge in [0.1, 0.15) is 11.6 Å². The molecule has 5 nitrogen and oxygen atoms in total. The zero-order chi connectivity index (χ0) is 18.5. The number of ether oxygens (including phenoxy) is 1. The molecule has 0 bridgehead atoms. The Morgan fingerprint density at radius 2 is 1.92 bits per heavy atom. The van der Waals surface area contributed by atoms with E-state index >= 15 is 0 Å². The number of thiophene rings is 1. The molecule has 26 heavy (non-hydrogen) atoms. The van der Waals surface area contributed by atoms with Crippen LogP contribution >= 0.6 is 11.3 Å². The van der Waals surface area contributed by atoms with E-state index in [0.29, 0.717) is 17.9 Å². The van der Waals surface area contributed by atoms with E-state index in [9.17, 15) is 14.0 Å². The Bertz CT molecular complexity index is 887. The standard InChI is InChI=1S/C19H16FNO4S/c1-21(10-13-8-9-26-12-13)18(22)11-24-19(23)17-7-6-16(25-17)14-2-4-15(20)5-3-14/h2-9,12H,10-11H2,1H3. The van der Waals surface area contributed by atoms with Crippen LogP contribution in [0.5, 0.6) is 0 Å². The quantitative estimate of drug-likeness (QED) is 0.614. The molecule has 0 aliphatic carbocycles. The first-order valence-corrected chi connectivity index (χ1v) is 8.75. The number of carbonyl (C=O) groups is 2. The van der Waals surface area contributed by atoms with Gasteiger partial charge in [0.15, 0.2) is 6.61 Å². The second-order valence-corrected chi connectivity index (χ2v) is 6.41. The van der Waals surface area contributed by atoms with Gasteiger partial charge in [-0.25, -0.2) is 9.18 Å². The van der Waals surface area contributed by atoms with E-state index in [1.54, 1.807) is 36.6 Å². The first-order chi connectivity index (χ1) is 12.5. The van der Waals surface area contributed by atoms with Gasteiger partial charge < -0.3 is 14.1 Å². The Balaban J connectivity index is 1.55. The normalized spacial score (nSPS) is 10.5. The van der Waals surface area contributed by atoms with Gasteiger partial charge in [-0.05, 0) is 58.8 Å². The van der Waals surface area contributed by atoms with Crippen molar-refractivity contribution in [1.82, 2.24) is 4.90 Å². The zero-order valence-electron chi connectivity index (χ0n) is 14.0. The van der Waals surface area contributed by atoms with Gasteiger partial charge in [-0.2, -0.15) is 11.3 Å². The van der Waals surface area contributed by atoms with Crippen molar-refractivity contribution < 1.29 is 23.1 Å². The molecule has 1 amide bonds. The van der Waals surface area contributed by atoms with Gasteiger partial charge in [0, 0.05) is 19.2 Å². The van der Waals surface area contributed by atoms with E-state index in [1.807, 2.05) is 16.8 Å². The summed E-state index contributed by atoms with van der Waals surface area (Å²) in [7, 11) is 1.65. The lowest BCUT2D eigenvalue weighted by atomic mass is 10.2. The Morgan fingerprint density at radius 3 is 2.62 bits per heavy atom. The lowest BCUT2D eigenvalue weighted by Crippen LogP contribution is -2.30. The van der Waals surface area contributed by atoms with Crippen molar-refractivity contribution in [3.8, 4) is 11.3 Å². The van der Waals surface area contributed by atoms with Crippen LogP contribution < -0.4 is 0 Å². The van der Waals surface area contributed by atoms with Crippen molar-refractivity contribution in [3.05, 3.63) is 70.4 Å². The summed E-state index contributed by atoms with van der Waals surface area (Å²) < 4.78 is 23.4. The van der Waals surface area contributed by atoms with Gasteiger partial charge in [0.05, 0.1) is 0 Å². The number of furan rings is 1. The van der Waals surface area contributed by atoms with Gasteiger partial charge in [0.2, 0.25) is 5.76 Å². The molecule has 0 atom stereocenters. The summed E-state index contributed by atoms with van der Waals surface area (Å²) in [5.74, 6) is -0.994. The molecule has 3 rings (SSSR count). The lowest BCUT2D eigenvalue weighted by Gasteiger charge is -2.16. The summed E-state index contributed by atoms with van der Waals surface area (Å²) in [5, 5.41) is 3.89. The molecule has 7 heteroatoms. The summed E-state index contributed by atoms with van der Waals surface area (Å²) in [6.07, 6.45) is 0. The minimum Gasteiger partial charge on any atom is -0.450 e. The number of likely N-dealkylation sites (N-methyl/N-ethyl adjacent to an activating group) is 1. The number of rotatable bonds is 6. The zero-order valence-corrected chi connectivity index (χ0v) is 14.8. The molecule has 0 saturated carbocycles. The minimum atomic E-state index is -0.726. The molecule has 0 radical (unpaired) electrons. The molecule has 0 unspecified atom stereocenters. The van der Waals surface area contributed by atoms with E-state index in [2.05, 4.69) is 0 Å². The topological polar surface area (TPSA) is 59.8 Å². The Hall–Kier alpha value is -2.93. The molecule has 0 N–H and O–H groups in total. The van der Waals surface area contributed by atoms with Crippen molar-refractivity contribution in [2.75, 3.05) is 13.7 Å². The number of esters is 1. The van der Waals surface area contributed by atoms with Crippen LogP contribution in [0, 0.1) is 5.82 Å². The Kier molecular flexibility index (Phi) is 5.48. The minimum absolute atomic E-state index is 0.0161. The van der Waals surface area contributed by atoms with Gasteiger partial charge in [-0.15, -0.1) is 0 Å². The molecule has 0 spiro atoms. The summed E-state index contributed by atoms with van der Waals surface area (Å²) >= 11 is 1.55. The smallest absolute Gasteiger partial charge is 0.374 e. The van der Waals surface area contributed by atoms with Crippen LogP contribution in [0.4, 0.5) is 4.39 Å². The number of benzene rings is 1. The molecular weight excluding hydrogens is 357 g/mol. The highest BCUT2D eigenvalue weighted by Crippen LogP contribution is 2.22. The van der Waals surface area contributed by atoms with E-state index < -0.39 is 5.97 Å². The van der Waals surface area contributed by atoms with Crippen molar-refractivity contribution in [2.45, 2.75) is 6.54 Å².